The van der Waals surface area contributed by atoms with Crippen LogP contribution in [0.15, 0.2) is 35.4 Å². The van der Waals surface area contributed by atoms with Crippen molar-refractivity contribution in [1.82, 2.24) is 0 Å². The van der Waals surface area contributed by atoms with E-state index in [1.807, 2.05) is 0 Å². The molecular formula is C44H74P2. The Morgan fingerprint density at radius 1 is 0.348 bits per heavy atom. The van der Waals surface area contributed by atoms with Gasteiger partial charge >= 0.3 is 288 Å². The van der Waals surface area contributed by atoms with Crippen molar-refractivity contribution in [3.05, 3.63) is 41.0 Å². The predicted octanol–water partition coefficient (Wildman–Crippen LogP) is 14.5. The van der Waals surface area contributed by atoms with Gasteiger partial charge in [-0.1, -0.05) is 0 Å². The molecule has 260 valence electrons. The molecule has 6 aliphatic carbocycles. The molecule has 0 atom stereocenters. The summed E-state index contributed by atoms with van der Waals surface area (Å²) in [7, 11) is -3.74. The number of benzene rings is 1. The molecule has 0 amide bonds. The fraction of sp³-hybridized carbons (Fsp3) is 0.818. The Bertz CT molecular complexity index is 899. The van der Waals surface area contributed by atoms with Crippen LogP contribution in [0.5, 0.6) is 0 Å². The van der Waals surface area contributed by atoms with Gasteiger partial charge in [0.25, 0.3) is 0 Å². The van der Waals surface area contributed by atoms with E-state index in [4.69, 9.17) is 0 Å². The van der Waals surface area contributed by atoms with Gasteiger partial charge in [0.1, 0.15) is 0 Å². The third kappa shape index (κ3) is 6.91. The van der Waals surface area contributed by atoms with E-state index in [0.717, 1.165) is 34.0 Å². The van der Waals surface area contributed by atoms with E-state index in [9.17, 15) is 0 Å². The van der Waals surface area contributed by atoms with E-state index in [-0.39, 0.29) is 0 Å². The Labute approximate surface area is 287 Å². The van der Waals surface area contributed by atoms with E-state index in [1.165, 1.54) is 38.5 Å². The Kier molecular flexibility index (Phi) is 12.4. The topological polar surface area (TPSA) is 0 Å². The van der Waals surface area contributed by atoms with Crippen LogP contribution in [0, 0.1) is 0 Å². The Morgan fingerprint density at radius 3 is 0.826 bits per heavy atom. The zero-order valence-electron chi connectivity index (χ0n) is 30.1. The quantitative estimate of drug-likeness (QED) is 0.231. The van der Waals surface area contributed by atoms with Crippen LogP contribution in [0.1, 0.15) is 198 Å². The van der Waals surface area contributed by atoms with E-state index >= 15 is 0 Å². The van der Waals surface area contributed by atoms with Gasteiger partial charge in [-0.05, 0) is 0 Å². The minimum atomic E-state index is -1.87. The van der Waals surface area contributed by atoms with Crippen LogP contribution in [-0.4, -0.2) is 34.0 Å². The molecule has 6 aliphatic rings. The van der Waals surface area contributed by atoms with Gasteiger partial charge in [0.05, 0.1) is 0 Å². The van der Waals surface area contributed by atoms with Crippen LogP contribution in [0.2, 0.25) is 0 Å². The zero-order valence-corrected chi connectivity index (χ0v) is 32.1. The van der Waals surface area contributed by atoms with Crippen molar-refractivity contribution < 1.29 is 0 Å². The molecule has 0 spiro atoms. The van der Waals surface area contributed by atoms with Crippen LogP contribution >= 0.6 is 14.5 Å². The molecule has 0 saturated heterocycles. The second kappa shape index (κ2) is 16.7. The standard InChI is InChI=1S/C44H74P2/c1-8-22-37(23-9-1)36-44(45(38-24-10-2-11-25-38,39-26-12-3-13-27-39)40-28-14-4-15-29-40)46(41-30-16-5-17-31-41,42-32-18-6-19-33-42)43-34-20-7-21-35-43/h1,8-9,22-23,36,38-43,45-46H,2-7,10-21,24-35H2. The molecule has 0 aromatic heterocycles. The van der Waals surface area contributed by atoms with Crippen molar-refractivity contribution in [2.24, 2.45) is 0 Å². The van der Waals surface area contributed by atoms with Crippen LogP contribution in [0.25, 0.3) is 6.08 Å². The summed E-state index contributed by atoms with van der Waals surface area (Å²) in [5.74, 6) is 0. The summed E-state index contributed by atoms with van der Waals surface area (Å²) in [6, 6.07) is 12.3. The van der Waals surface area contributed by atoms with Gasteiger partial charge in [0.15, 0.2) is 0 Å². The Balaban J connectivity index is 1.54. The molecule has 0 N–H and O–H groups in total. The molecular weight excluding hydrogens is 590 g/mol. The average molecular weight is 665 g/mol. The maximum absolute atomic E-state index is 3.17. The van der Waals surface area contributed by atoms with Crippen molar-refractivity contribution >= 4 is 20.6 Å². The summed E-state index contributed by atoms with van der Waals surface area (Å²) in [5.41, 5.74) is 8.25. The molecule has 7 rings (SSSR count). The van der Waals surface area contributed by atoms with Gasteiger partial charge in [-0.25, -0.2) is 0 Å². The number of hydrogen-bond acceptors (Lipinski definition) is 0. The van der Waals surface area contributed by atoms with Crippen molar-refractivity contribution in [2.75, 3.05) is 0 Å². The van der Waals surface area contributed by atoms with Crippen LogP contribution < -0.4 is 0 Å². The molecule has 1 aromatic carbocycles. The zero-order chi connectivity index (χ0) is 31.1. The Morgan fingerprint density at radius 2 is 0.587 bits per heavy atom. The number of hydrogen-bond donors (Lipinski definition) is 0. The normalized spacial score (nSPS) is 27.3. The molecule has 0 unspecified atom stereocenters. The van der Waals surface area contributed by atoms with Crippen molar-refractivity contribution in [3.63, 3.8) is 0 Å². The predicted molar refractivity (Wildman–Crippen MR) is 212 cm³/mol. The van der Waals surface area contributed by atoms with Crippen molar-refractivity contribution in [3.8, 4) is 0 Å². The van der Waals surface area contributed by atoms with Gasteiger partial charge in [-0.2, -0.15) is 0 Å². The fourth-order valence-corrected chi connectivity index (χ4v) is 36.5. The summed E-state index contributed by atoms with van der Waals surface area (Å²) in [4.78, 5) is 0. The SMILES string of the molecule is C(=C([PH](C1CCCCC1)(C1CCCCC1)C1CCCCC1)[PH](C1CCCCC1)(C1CCCCC1)C1CCCCC1)c1ccccc1. The fourth-order valence-electron chi connectivity index (χ4n) is 14.1. The van der Waals surface area contributed by atoms with E-state index < -0.39 is 14.5 Å². The number of rotatable bonds is 9. The average Bonchev–Trinajstić information content (AvgIpc) is 3.15. The molecule has 1 aromatic rings. The monoisotopic (exact) mass is 665 g/mol. The van der Waals surface area contributed by atoms with Gasteiger partial charge < -0.3 is 0 Å². The molecule has 0 heterocycles. The summed E-state index contributed by atoms with van der Waals surface area (Å²) >= 11 is 0. The Hall–Kier alpha value is -0.180. The first-order valence-corrected chi connectivity index (χ1v) is 26.1. The third-order valence-corrected chi connectivity index (χ3v) is 32.1. The van der Waals surface area contributed by atoms with Crippen molar-refractivity contribution in [2.45, 2.75) is 227 Å². The summed E-state index contributed by atoms with van der Waals surface area (Å²) in [6.07, 6.45) is 50.5. The molecule has 0 radical (unpaired) electrons. The van der Waals surface area contributed by atoms with Crippen LogP contribution in [-0.2, 0) is 0 Å². The second-order valence-corrected chi connectivity index (χ2v) is 28.1. The minimum absolute atomic E-state index is 1.10. The van der Waals surface area contributed by atoms with E-state index in [2.05, 4.69) is 41.5 Å². The summed E-state index contributed by atoms with van der Waals surface area (Å²) in [6.45, 7) is 0. The van der Waals surface area contributed by atoms with E-state index in [1.54, 1.807) is 160 Å². The molecule has 46 heavy (non-hydrogen) atoms. The first-order chi connectivity index (χ1) is 22.8. The van der Waals surface area contributed by atoms with Gasteiger partial charge in [-0.3, -0.25) is 0 Å². The van der Waals surface area contributed by atoms with Gasteiger partial charge in [-0.15, -0.1) is 0 Å². The molecule has 2 heteroatoms. The maximum atomic E-state index is 3.17. The second-order valence-electron chi connectivity index (χ2n) is 17.8. The van der Waals surface area contributed by atoms with Crippen LogP contribution in [0.4, 0.5) is 0 Å². The first-order valence-electron chi connectivity index (χ1n) is 21.6. The molecule has 6 fully saturated rings. The molecule has 0 bridgehead atoms. The van der Waals surface area contributed by atoms with Crippen molar-refractivity contribution in [1.29, 1.82) is 0 Å². The van der Waals surface area contributed by atoms with Gasteiger partial charge in [0.2, 0.25) is 0 Å². The van der Waals surface area contributed by atoms with Gasteiger partial charge in [0, 0.05) is 0 Å². The molecule has 6 saturated carbocycles. The summed E-state index contributed by atoms with van der Waals surface area (Å²) in [5, 5.41) is 2.45. The third-order valence-electron chi connectivity index (χ3n) is 15.7. The molecule has 0 aliphatic heterocycles. The summed E-state index contributed by atoms with van der Waals surface area (Å²) < 4.78 is 0. The van der Waals surface area contributed by atoms with Crippen LogP contribution in [0.3, 0.4) is 0 Å². The molecule has 0 nitrogen and oxygen atoms in total. The van der Waals surface area contributed by atoms with E-state index in [0.29, 0.717) is 0 Å². The first kappa shape index (κ1) is 34.3.